The van der Waals surface area contributed by atoms with Gasteiger partial charge in [-0.2, -0.15) is 0 Å². The predicted molar refractivity (Wildman–Crippen MR) is 129 cm³/mol. The van der Waals surface area contributed by atoms with Crippen molar-refractivity contribution < 1.29 is 33.4 Å². The van der Waals surface area contributed by atoms with E-state index in [-0.39, 0.29) is 37.4 Å². The Balaban J connectivity index is 1.29. The zero-order chi connectivity index (χ0) is 24.3. The van der Waals surface area contributed by atoms with Crippen LogP contribution in [-0.2, 0) is 29.4 Å². The van der Waals surface area contributed by atoms with Gasteiger partial charge in [0.1, 0.15) is 37.0 Å². The minimum absolute atomic E-state index is 0.00755. The molecule has 12 heteroatoms. The van der Waals surface area contributed by atoms with E-state index >= 15 is 0 Å². The first kappa shape index (κ1) is 24.8. The fraction of sp³-hybridized carbons (Fsp3) is 0.545. The molecule has 7 nitrogen and oxygen atoms in total. The summed E-state index contributed by atoms with van der Waals surface area (Å²) in [7, 11) is 1.99. The summed E-state index contributed by atoms with van der Waals surface area (Å²) in [6.07, 6.45) is 0.653. The number of nitrogens with zero attached hydrogens (tertiary/aromatic N) is 1. The number of alkyl halides is 3. The van der Waals surface area contributed by atoms with Gasteiger partial charge >= 0.3 is 11.9 Å². The number of fused-ring (bicyclic) bond motifs is 5. The van der Waals surface area contributed by atoms with E-state index in [1.807, 2.05) is 17.8 Å². The highest BCUT2D eigenvalue weighted by molar-refractivity contribution is 7.12. The largest absolute Gasteiger partial charge is 0.459 e. The van der Waals surface area contributed by atoms with E-state index in [0.29, 0.717) is 27.1 Å². The van der Waals surface area contributed by atoms with Crippen LogP contribution in [0.25, 0.3) is 0 Å². The Hall–Kier alpha value is -0.910. The SMILES string of the molecule is C[N+]1(CC(=O)OCC(Cl)(Cl)Cl)[C@@H]2C[C@@H](OC(=O)C(O)(c3cccs3)c3cccs3)C[C@H]1[C@@H]1O[C@@H]12. The number of esters is 2. The number of carbonyl (C=O) groups is 2. The molecule has 3 aliphatic rings. The third kappa shape index (κ3) is 4.39. The quantitative estimate of drug-likeness (QED) is 0.238. The van der Waals surface area contributed by atoms with Crippen LogP contribution in [0.5, 0.6) is 0 Å². The van der Waals surface area contributed by atoms with Crippen molar-refractivity contribution in [1.29, 1.82) is 0 Å². The number of likely N-dealkylation sites (N-methyl/N-ethyl adjacent to an activating group) is 1. The molecule has 3 aliphatic heterocycles. The van der Waals surface area contributed by atoms with Gasteiger partial charge in [-0.1, -0.05) is 46.9 Å². The molecule has 2 aromatic heterocycles. The van der Waals surface area contributed by atoms with E-state index < -0.39 is 27.4 Å². The molecule has 2 aromatic rings. The first-order chi connectivity index (χ1) is 16.0. The average molecular weight is 568 g/mol. The highest BCUT2D eigenvalue weighted by Crippen LogP contribution is 2.53. The van der Waals surface area contributed by atoms with Crippen LogP contribution in [0, 0.1) is 0 Å². The first-order valence-electron chi connectivity index (χ1n) is 10.8. The lowest BCUT2D eigenvalue weighted by atomic mass is 9.94. The molecule has 2 bridgehead atoms. The van der Waals surface area contributed by atoms with Gasteiger partial charge in [0.05, 0.1) is 16.8 Å². The van der Waals surface area contributed by atoms with Gasteiger partial charge in [-0.25, -0.2) is 9.59 Å². The zero-order valence-electron chi connectivity index (χ0n) is 18.1. The van der Waals surface area contributed by atoms with E-state index in [1.165, 1.54) is 22.7 Å². The number of piperidine rings is 1. The highest BCUT2D eigenvalue weighted by atomic mass is 35.6. The Morgan fingerprint density at radius 3 is 2.15 bits per heavy atom. The molecule has 0 aliphatic carbocycles. The Kier molecular flexibility index (Phi) is 6.47. The Labute approximate surface area is 219 Å². The summed E-state index contributed by atoms with van der Waals surface area (Å²) in [5, 5.41) is 15.1. The van der Waals surface area contributed by atoms with Crippen LogP contribution in [-0.4, -0.2) is 75.9 Å². The molecule has 1 unspecified atom stereocenters. The summed E-state index contributed by atoms with van der Waals surface area (Å²) >= 11 is 19.7. The maximum absolute atomic E-state index is 13.4. The molecule has 184 valence electrons. The Bertz CT molecular complexity index is 1010. The number of thiophene rings is 2. The number of ether oxygens (including phenoxy) is 3. The highest BCUT2D eigenvalue weighted by Gasteiger charge is 2.72. The molecule has 0 amide bonds. The molecule has 6 atom stereocenters. The van der Waals surface area contributed by atoms with Crippen molar-refractivity contribution in [2.24, 2.45) is 0 Å². The molecule has 1 N–H and O–H groups in total. The number of aliphatic hydroxyl groups is 1. The Morgan fingerprint density at radius 2 is 1.68 bits per heavy atom. The van der Waals surface area contributed by atoms with Gasteiger partial charge < -0.3 is 23.8 Å². The van der Waals surface area contributed by atoms with E-state index in [0.717, 1.165) is 0 Å². The number of halogens is 3. The van der Waals surface area contributed by atoms with Gasteiger partial charge in [-0.3, -0.25) is 0 Å². The topological polar surface area (TPSA) is 85.4 Å². The molecule has 3 fully saturated rings. The summed E-state index contributed by atoms with van der Waals surface area (Å²) in [5.41, 5.74) is -1.85. The van der Waals surface area contributed by atoms with Gasteiger partial charge in [0.15, 0.2) is 6.54 Å². The summed E-state index contributed by atoms with van der Waals surface area (Å²) in [6, 6.07) is 6.97. The molecule has 3 saturated heterocycles. The second-order valence-electron chi connectivity index (χ2n) is 9.14. The lowest BCUT2D eigenvalue weighted by molar-refractivity contribution is -0.949. The van der Waals surface area contributed by atoms with Gasteiger partial charge in [0, 0.05) is 12.8 Å². The minimum atomic E-state index is -1.85. The standard InChI is InChI=1S/C22H23Cl3NO6S2/c1-26(10-17(27)30-11-21(23,24)25)13-8-12(9-14(26)19-18(13)32-19)31-20(28)22(29,15-4-2-6-33-15)16-5-3-7-34-16/h2-7,12-14,18-19,29H,8-11H2,1H3/q+1/t12-,13-,14+,18-,19+,26?. The molecular weight excluding hydrogens is 545 g/mol. The van der Waals surface area contributed by atoms with Crippen LogP contribution in [0.15, 0.2) is 35.0 Å². The van der Waals surface area contributed by atoms with Crippen LogP contribution in [0.4, 0.5) is 0 Å². The number of rotatable bonds is 7. The molecule has 0 radical (unpaired) electrons. The van der Waals surface area contributed by atoms with Crippen LogP contribution in [0.1, 0.15) is 22.6 Å². The summed E-state index contributed by atoms with van der Waals surface area (Å²) in [4.78, 5) is 26.9. The summed E-state index contributed by atoms with van der Waals surface area (Å²) in [5.74, 6) is -1.14. The van der Waals surface area contributed by atoms with Gasteiger partial charge in [-0.05, 0) is 22.9 Å². The number of hydrogen-bond donors (Lipinski definition) is 1. The smallest absolute Gasteiger partial charge is 0.361 e. The Morgan fingerprint density at radius 1 is 1.12 bits per heavy atom. The van der Waals surface area contributed by atoms with Crippen molar-refractivity contribution in [3.63, 3.8) is 0 Å². The van der Waals surface area contributed by atoms with Crippen molar-refractivity contribution in [3.8, 4) is 0 Å². The van der Waals surface area contributed by atoms with Crippen molar-refractivity contribution >= 4 is 69.4 Å². The van der Waals surface area contributed by atoms with Crippen LogP contribution < -0.4 is 0 Å². The first-order valence-corrected chi connectivity index (χ1v) is 13.7. The molecule has 34 heavy (non-hydrogen) atoms. The monoisotopic (exact) mass is 566 g/mol. The van der Waals surface area contributed by atoms with Gasteiger partial charge in [-0.15, -0.1) is 22.7 Å². The van der Waals surface area contributed by atoms with E-state index in [2.05, 4.69) is 0 Å². The predicted octanol–water partition coefficient (Wildman–Crippen LogP) is 3.63. The summed E-state index contributed by atoms with van der Waals surface area (Å²) in [6.45, 7) is -0.207. The van der Waals surface area contributed by atoms with Crippen molar-refractivity contribution in [2.75, 3.05) is 20.2 Å². The lowest BCUT2D eigenvalue weighted by Gasteiger charge is -2.47. The van der Waals surface area contributed by atoms with E-state index in [9.17, 15) is 14.7 Å². The zero-order valence-corrected chi connectivity index (χ0v) is 22.0. The molecule has 0 aromatic carbocycles. The summed E-state index contributed by atoms with van der Waals surface area (Å²) < 4.78 is 15.7. The van der Waals surface area contributed by atoms with Crippen molar-refractivity contribution in [2.45, 2.75) is 52.6 Å². The number of quaternary nitrogens is 1. The van der Waals surface area contributed by atoms with Crippen LogP contribution in [0.2, 0.25) is 0 Å². The third-order valence-corrected chi connectivity index (χ3v) is 9.32. The average Bonchev–Trinajstić information content (AvgIpc) is 3.11. The molecule has 5 rings (SSSR count). The van der Waals surface area contributed by atoms with Gasteiger partial charge in [0.2, 0.25) is 9.39 Å². The number of morpholine rings is 1. The number of hydrogen-bond acceptors (Lipinski definition) is 8. The second-order valence-corrected chi connectivity index (χ2v) is 13.6. The van der Waals surface area contributed by atoms with Gasteiger partial charge in [0.25, 0.3) is 0 Å². The fourth-order valence-corrected chi connectivity index (χ4v) is 7.28. The minimum Gasteiger partial charge on any atom is -0.459 e. The van der Waals surface area contributed by atoms with Crippen molar-refractivity contribution in [3.05, 3.63) is 44.8 Å². The molecule has 0 spiro atoms. The number of epoxide rings is 1. The van der Waals surface area contributed by atoms with E-state index in [1.54, 1.807) is 24.3 Å². The molecule has 5 heterocycles. The normalized spacial score (nSPS) is 32.2. The lowest BCUT2D eigenvalue weighted by Crippen LogP contribution is -2.64. The number of carbonyl (C=O) groups excluding carboxylic acids is 2. The molecule has 0 saturated carbocycles. The van der Waals surface area contributed by atoms with E-state index in [4.69, 9.17) is 49.0 Å². The second kappa shape index (κ2) is 8.88. The van der Waals surface area contributed by atoms with Crippen LogP contribution >= 0.6 is 57.5 Å². The van der Waals surface area contributed by atoms with Crippen molar-refractivity contribution in [1.82, 2.24) is 0 Å². The molecular formula is C22H23Cl3NO6S2+. The maximum Gasteiger partial charge on any atom is 0.361 e. The maximum atomic E-state index is 13.4. The third-order valence-electron chi connectivity index (χ3n) is 7.04. The fourth-order valence-electron chi connectivity index (χ4n) is 5.40. The van der Waals surface area contributed by atoms with Crippen LogP contribution in [0.3, 0.4) is 0 Å².